The van der Waals surface area contributed by atoms with Crippen molar-refractivity contribution in [2.24, 2.45) is 7.05 Å². The van der Waals surface area contributed by atoms with Crippen LogP contribution in [0.3, 0.4) is 0 Å². The molecule has 0 bridgehead atoms. The summed E-state index contributed by atoms with van der Waals surface area (Å²) < 4.78 is 3.89. The van der Waals surface area contributed by atoms with Crippen molar-refractivity contribution in [3.63, 3.8) is 0 Å². The molecule has 18 heavy (non-hydrogen) atoms. The van der Waals surface area contributed by atoms with Crippen molar-refractivity contribution in [2.45, 2.75) is 33.9 Å². The smallest absolute Gasteiger partial charge is 0.0759 e. The minimum atomic E-state index is 0. The maximum Gasteiger partial charge on any atom is 0.0759 e. The molecule has 0 atom stereocenters. The van der Waals surface area contributed by atoms with E-state index in [2.05, 4.69) is 36.3 Å². The number of aryl methyl sites for hydroxylation is 3. The second-order valence-corrected chi connectivity index (χ2v) is 4.21. The molecule has 0 saturated carbocycles. The zero-order valence-corrected chi connectivity index (χ0v) is 12.1. The summed E-state index contributed by atoms with van der Waals surface area (Å²) in [7, 11) is 1.95. The Morgan fingerprint density at radius 2 is 1.94 bits per heavy atom. The van der Waals surface area contributed by atoms with Crippen LogP contribution in [-0.4, -0.2) is 19.6 Å². The van der Waals surface area contributed by atoms with E-state index in [0.29, 0.717) is 0 Å². The number of rotatable bonds is 4. The van der Waals surface area contributed by atoms with Crippen LogP contribution in [0, 0.1) is 13.8 Å². The van der Waals surface area contributed by atoms with Gasteiger partial charge in [-0.25, -0.2) is 0 Å². The van der Waals surface area contributed by atoms with Crippen LogP contribution in [0.5, 0.6) is 0 Å². The predicted molar refractivity (Wildman–Crippen MR) is 75.2 cm³/mol. The average Bonchev–Trinajstić information content (AvgIpc) is 2.83. The van der Waals surface area contributed by atoms with E-state index in [1.165, 1.54) is 11.3 Å². The molecule has 2 heterocycles. The van der Waals surface area contributed by atoms with Gasteiger partial charge in [-0.15, -0.1) is 12.4 Å². The fourth-order valence-electron chi connectivity index (χ4n) is 1.86. The molecule has 0 amide bonds. The van der Waals surface area contributed by atoms with Gasteiger partial charge in [-0.1, -0.05) is 0 Å². The maximum atomic E-state index is 4.33. The molecule has 2 aromatic heterocycles. The highest BCUT2D eigenvalue weighted by Crippen LogP contribution is 2.15. The highest BCUT2D eigenvalue weighted by molar-refractivity contribution is 5.85. The largest absolute Gasteiger partial charge is 0.377 e. The van der Waals surface area contributed by atoms with E-state index in [4.69, 9.17) is 0 Å². The fourth-order valence-corrected chi connectivity index (χ4v) is 1.86. The van der Waals surface area contributed by atoms with Gasteiger partial charge in [0, 0.05) is 13.6 Å². The molecular weight excluding hydrogens is 250 g/mol. The maximum absolute atomic E-state index is 4.33. The highest BCUT2D eigenvalue weighted by atomic mass is 35.5. The van der Waals surface area contributed by atoms with Crippen LogP contribution in [0.15, 0.2) is 12.4 Å². The van der Waals surface area contributed by atoms with Crippen LogP contribution in [0.1, 0.15) is 23.9 Å². The van der Waals surface area contributed by atoms with Crippen molar-refractivity contribution in [1.29, 1.82) is 0 Å². The number of halogens is 1. The van der Waals surface area contributed by atoms with Crippen molar-refractivity contribution < 1.29 is 0 Å². The van der Waals surface area contributed by atoms with E-state index < -0.39 is 0 Å². The van der Waals surface area contributed by atoms with Gasteiger partial charge in [0.1, 0.15) is 0 Å². The number of nitrogens with zero attached hydrogens (tertiary/aromatic N) is 4. The first kappa shape index (κ1) is 14.6. The summed E-state index contributed by atoms with van der Waals surface area (Å²) >= 11 is 0. The summed E-state index contributed by atoms with van der Waals surface area (Å²) in [6.45, 7) is 7.93. The molecule has 2 rings (SSSR count). The van der Waals surface area contributed by atoms with Gasteiger partial charge >= 0.3 is 0 Å². The Bertz CT molecular complexity index is 515. The number of anilines is 1. The average molecular weight is 270 g/mol. The molecule has 2 aromatic rings. The Morgan fingerprint density at radius 3 is 2.50 bits per heavy atom. The summed E-state index contributed by atoms with van der Waals surface area (Å²) in [6.07, 6.45) is 3.77. The lowest BCUT2D eigenvalue weighted by atomic mass is 10.2. The van der Waals surface area contributed by atoms with E-state index in [1.54, 1.807) is 0 Å². The quantitative estimate of drug-likeness (QED) is 0.926. The number of hydrogen-bond acceptors (Lipinski definition) is 3. The van der Waals surface area contributed by atoms with Gasteiger partial charge < -0.3 is 5.32 Å². The molecule has 0 aliphatic heterocycles. The normalized spacial score (nSPS) is 10.2. The Kier molecular flexibility index (Phi) is 4.78. The van der Waals surface area contributed by atoms with Crippen molar-refractivity contribution in [1.82, 2.24) is 19.6 Å². The zero-order valence-electron chi connectivity index (χ0n) is 11.3. The second-order valence-electron chi connectivity index (χ2n) is 4.21. The molecule has 0 unspecified atom stereocenters. The SMILES string of the molecule is CCn1ncc(C)c1CNc1cnn(C)c1C.Cl. The van der Waals surface area contributed by atoms with Gasteiger partial charge in [0.2, 0.25) is 0 Å². The lowest BCUT2D eigenvalue weighted by Gasteiger charge is -2.08. The summed E-state index contributed by atoms with van der Waals surface area (Å²) in [5.41, 5.74) is 4.68. The van der Waals surface area contributed by atoms with Crippen LogP contribution in [-0.2, 0) is 20.1 Å². The molecule has 0 saturated heterocycles. The van der Waals surface area contributed by atoms with Crippen LogP contribution in [0.2, 0.25) is 0 Å². The lowest BCUT2D eigenvalue weighted by Crippen LogP contribution is -2.09. The Labute approximate surface area is 114 Å². The Morgan fingerprint density at radius 1 is 1.22 bits per heavy atom. The van der Waals surface area contributed by atoms with E-state index in [9.17, 15) is 0 Å². The Balaban J connectivity index is 0.00000162. The molecule has 100 valence electrons. The van der Waals surface area contributed by atoms with E-state index in [0.717, 1.165) is 24.5 Å². The third-order valence-electron chi connectivity index (χ3n) is 3.14. The highest BCUT2D eigenvalue weighted by Gasteiger charge is 2.08. The molecule has 0 aliphatic rings. The molecule has 1 N–H and O–H groups in total. The first-order valence-electron chi connectivity index (χ1n) is 5.87. The number of nitrogens with one attached hydrogen (secondary N) is 1. The molecule has 6 heteroatoms. The molecule has 0 aromatic carbocycles. The van der Waals surface area contributed by atoms with Crippen LogP contribution in [0.25, 0.3) is 0 Å². The van der Waals surface area contributed by atoms with Crippen LogP contribution >= 0.6 is 12.4 Å². The molecule has 0 aliphatic carbocycles. The molecule has 0 fully saturated rings. The Hall–Kier alpha value is -1.49. The molecular formula is C12H20ClN5. The monoisotopic (exact) mass is 269 g/mol. The van der Waals surface area contributed by atoms with Crippen LogP contribution in [0.4, 0.5) is 5.69 Å². The van der Waals surface area contributed by atoms with Gasteiger partial charge in [0.05, 0.1) is 36.0 Å². The van der Waals surface area contributed by atoms with Crippen molar-refractivity contribution >= 4 is 18.1 Å². The summed E-state index contributed by atoms with van der Waals surface area (Å²) in [5.74, 6) is 0. The summed E-state index contributed by atoms with van der Waals surface area (Å²) in [4.78, 5) is 0. The van der Waals surface area contributed by atoms with Gasteiger partial charge in [-0.2, -0.15) is 10.2 Å². The fraction of sp³-hybridized carbons (Fsp3) is 0.500. The minimum Gasteiger partial charge on any atom is -0.377 e. The van der Waals surface area contributed by atoms with E-state index in [-0.39, 0.29) is 12.4 Å². The van der Waals surface area contributed by atoms with Crippen molar-refractivity contribution in [2.75, 3.05) is 5.32 Å². The third kappa shape index (κ3) is 2.67. The topological polar surface area (TPSA) is 47.7 Å². The number of aromatic nitrogens is 4. The standard InChI is InChI=1S/C12H19N5.ClH/c1-5-17-12(9(2)6-15-17)8-13-11-7-14-16(4)10(11)3;/h6-7,13H,5,8H2,1-4H3;1H. The van der Waals surface area contributed by atoms with Gasteiger partial charge in [0.25, 0.3) is 0 Å². The zero-order chi connectivity index (χ0) is 12.4. The van der Waals surface area contributed by atoms with Crippen molar-refractivity contribution in [3.8, 4) is 0 Å². The van der Waals surface area contributed by atoms with Crippen molar-refractivity contribution in [3.05, 3.63) is 29.3 Å². The van der Waals surface area contributed by atoms with Gasteiger partial charge in [-0.3, -0.25) is 9.36 Å². The molecule has 0 radical (unpaired) electrons. The van der Waals surface area contributed by atoms with Gasteiger partial charge in [0.15, 0.2) is 0 Å². The second kappa shape index (κ2) is 5.91. The van der Waals surface area contributed by atoms with E-state index in [1.807, 2.05) is 28.8 Å². The molecule has 5 nitrogen and oxygen atoms in total. The summed E-state index contributed by atoms with van der Waals surface area (Å²) in [6, 6.07) is 0. The first-order valence-corrected chi connectivity index (χ1v) is 5.87. The minimum absolute atomic E-state index is 0. The number of hydrogen-bond donors (Lipinski definition) is 1. The summed E-state index contributed by atoms with van der Waals surface area (Å²) in [5, 5.41) is 12.0. The van der Waals surface area contributed by atoms with E-state index >= 15 is 0 Å². The first-order chi connectivity index (χ1) is 8.13. The molecule has 0 spiro atoms. The lowest BCUT2D eigenvalue weighted by molar-refractivity contribution is 0.626. The van der Waals surface area contributed by atoms with Gasteiger partial charge in [-0.05, 0) is 26.3 Å². The van der Waals surface area contributed by atoms with Crippen LogP contribution < -0.4 is 5.32 Å². The third-order valence-corrected chi connectivity index (χ3v) is 3.14. The predicted octanol–water partition coefficient (Wildman–Crippen LogP) is 2.29.